The third-order valence-corrected chi connectivity index (χ3v) is 4.13. The van der Waals surface area contributed by atoms with Crippen LogP contribution in [0.4, 0.5) is 0 Å². The van der Waals surface area contributed by atoms with Crippen molar-refractivity contribution in [1.82, 2.24) is 16.0 Å². The Kier molecular flexibility index (Phi) is 8.60. The van der Waals surface area contributed by atoms with Gasteiger partial charge in [0.15, 0.2) is 5.96 Å². The van der Waals surface area contributed by atoms with Gasteiger partial charge in [-0.15, -0.1) is 11.3 Å². The number of methoxy groups -OCH3 is 1. The Bertz CT molecular complexity index is 489. The lowest BCUT2D eigenvalue weighted by molar-refractivity contribution is -0.119. The molecule has 0 aromatic carbocycles. The van der Waals surface area contributed by atoms with Crippen LogP contribution in [0.2, 0.25) is 0 Å². The highest BCUT2D eigenvalue weighted by Crippen LogP contribution is 2.24. The summed E-state index contributed by atoms with van der Waals surface area (Å²) in [6.45, 7) is 5.59. The van der Waals surface area contributed by atoms with Gasteiger partial charge in [-0.2, -0.15) is 0 Å². The summed E-state index contributed by atoms with van der Waals surface area (Å²) >= 11 is 1.50. The molecule has 0 aliphatic rings. The Hall–Kier alpha value is -1.64. The van der Waals surface area contributed by atoms with E-state index in [1.807, 2.05) is 24.4 Å². The third kappa shape index (κ3) is 7.45. The Morgan fingerprint density at radius 3 is 2.83 bits per heavy atom. The van der Waals surface area contributed by atoms with Gasteiger partial charge in [-0.3, -0.25) is 4.79 Å². The minimum Gasteiger partial charge on any atom is -0.383 e. The number of hydrogen-bond donors (Lipinski definition) is 4. The molecule has 0 saturated carbocycles. The van der Waals surface area contributed by atoms with Gasteiger partial charge in [0.25, 0.3) is 0 Å². The molecule has 7 nitrogen and oxygen atoms in total. The summed E-state index contributed by atoms with van der Waals surface area (Å²) in [6, 6.07) is 3.79. The Morgan fingerprint density at radius 2 is 2.22 bits per heavy atom. The second kappa shape index (κ2) is 10.2. The van der Waals surface area contributed by atoms with Crippen LogP contribution in [0.3, 0.4) is 0 Å². The predicted molar refractivity (Wildman–Crippen MR) is 92.8 cm³/mol. The highest BCUT2D eigenvalue weighted by molar-refractivity contribution is 7.10. The molecule has 0 spiro atoms. The van der Waals surface area contributed by atoms with Crippen molar-refractivity contribution in [2.75, 3.05) is 39.9 Å². The lowest BCUT2D eigenvalue weighted by Crippen LogP contribution is -2.44. The van der Waals surface area contributed by atoms with Gasteiger partial charge in [-0.25, -0.2) is 4.99 Å². The molecule has 1 aromatic heterocycles. The van der Waals surface area contributed by atoms with Crippen LogP contribution in [-0.4, -0.2) is 56.9 Å². The van der Waals surface area contributed by atoms with E-state index in [1.54, 1.807) is 14.0 Å². The van der Waals surface area contributed by atoms with Crippen LogP contribution in [0, 0.1) is 0 Å². The zero-order chi connectivity index (χ0) is 17.1. The molecule has 0 radical (unpaired) electrons. The molecule has 4 N–H and O–H groups in total. The Morgan fingerprint density at radius 1 is 1.43 bits per heavy atom. The van der Waals surface area contributed by atoms with Crippen molar-refractivity contribution < 1.29 is 14.6 Å². The summed E-state index contributed by atoms with van der Waals surface area (Å²) in [4.78, 5) is 16.7. The quantitative estimate of drug-likeness (QED) is 0.294. The van der Waals surface area contributed by atoms with Crippen LogP contribution in [0.1, 0.15) is 18.7 Å². The monoisotopic (exact) mass is 342 g/mol. The van der Waals surface area contributed by atoms with Crippen molar-refractivity contribution in [2.45, 2.75) is 19.4 Å². The van der Waals surface area contributed by atoms with Crippen molar-refractivity contribution in [3.63, 3.8) is 0 Å². The number of carbonyl (C=O) groups is 1. The van der Waals surface area contributed by atoms with E-state index in [2.05, 4.69) is 20.9 Å². The van der Waals surface area contributed by atoms with Crippen molar-refractivity contribution in [3.8, 4) is 0 Å². The molecule has 23 heavy (non-hydrogen) atoms. The molecule has 130 valence electrons. The van der Waals surface area contributed by atoms with E-state index in [4.69, 9.17) is 4.74 Å². The minimum absolute atomic E-state index is 0.0141. The normalized spacial score (nSPS) is 14.2. The highest BCUT2D eigenvalue weighted by atomic mass is 32.1. The van der Waals surface area contributed by atoms with Gasteiger partial charge in [-0.1, -0.05) is 6.07 Å². The number of aliphatic hydroxyl groups is 1. The maximum atomic E-state index is 11.6. The van der Waals surface area contributed by atoms with Gasteiger partial charge >= 0.3 is 0 Å². The number of nitrogens with one attached hydrogen (secondary N) is 3. The molecule has 1 rings (SSSR count). The van der Waals surface area contributed by atoms with E-state index in [0.29, 0.717) is 32.2 Å². The minimum atomic E-state index is -0.995. The summed E-state index contributed by atoms with van der Waals surface area (Å²) < 4.78 is 4.87. The molecule has 1 unspecified atom stereocenters. The molecular weight excluding hydrogens is 316 g/mol. The molecule has 1 aromatic rings. The average Bonchev–Trinajstić information content (AvgIpc) is 3.05. The molecule has 1 heterocycles. The number of nitrogens with zero attached hydrogens (tertiary/aromatic N) is 1. The number of aliphatic imine (C=N–C) groups is 1. The number of thiophene rings is 1. The van der Waals surface area contributed by atoms with Crippen LogP contribution in [0.15, 0.2) is 22.5 Å². The van der Waals surface area contributed by atoms with Crippen LogP contribution < -0.4 is 16.0 Å². The lowest BCUT2D eigenvalue weighted by Gasteiger charge is -2.23. The first-order valence-corrected chi connectivity index (χ1v) is 8.41. The summed E-state index contributed by atoms with van der Waals surface area (Å²) in [5.74, 6) is 0.315. The molecule has 1 atom stereocenters. The van der Waals surface area contributed by atoms with Gasteiger partial charge < -0.3 is 25.8 Å². The van der Waals surface area contributed by atoms with E-state index in [1.165, 1.54) is 11.3 Å². The van der Waals surface area contributed by atoms with Crippen LogP contribution in [0.5, 0.6) is 0 Å². The fourth-order valence-corrected chi connectivity index (χ4v) is 2.56. The van der Waals surface area contributed by atoms with Gasteiger partial charge in [0.2, 0.25) is 5.91 Å². The highest BCUT2D eigenvalue weighted by Gasteiger charge is 2.24. The average molecular weight is 342 g/mol. The number of carbonyl (C=O) groups excluding carboxylic acids is 1. The molecule has 1 amide bonds. The molecule has 8 heteroatoms. The van der Waals surface area contributed by atoms with E-state index in [9.17, 15) is 9.90 Å². The SMILES string of the molecule is CCNC(=NCC(=O)NCCOC)NCC(C)(O)c1cccs1. The van der Waals surface area contributed by atoms with Crippen molar-refractivity contribution in [1.29, 1.82) is 0 Å². The van der Waals surface area contributed by atoms with Crippen molar-refractivity contribution >= 4 is 23.2 Å². The summed E-state index contributed by atoms with van der Waals surface area (Å²) in [6.07, 6.45) is 0. The second-order valence-electron chi connectivity index (χ2n) is 5.14. The second-order valence-corrected chi connectivity index (χ2v) is 6.09. The molecule has 0 aliphatic carbocycles. The van der Waals surface area contributed by atoms with Gasteiger partial charge in [-0.05, 0) is 25.3 Å². The number of rotatable bonds is 9. The molecule has 0 bridgehead atoms. The van der Waals surface area contributed by atoms with Gasteiger partial charge in [0.05, 0.1) is 13.2 Å². The standard InChI is InChI=1S/C15H26N4O3S/c1-4-16-14(18-10-13(20)17-7-8-22-3)19-11-15(2,21)12-6-5-9-23-12/h5-6,9,21H,4,7-8,10-11H2,1-3H3,(H,17,20)(H2,16,18,19). The van der Waals surface area contributed by atoms with Crippen LogP contribution >= 0.6 is 11.3 Å². The van der Waals surface area contributed by atoms with E-state index < -0.39 is 5.60 Å². The maximum absolute atomic E-state index is 11.6. The predicted octanol–water partition coefficient (Wildman–Crippen LogP) is 0.273. The van der Waals surface area contributed by atoms with E-state index >= 15 is 0 Å². The number of hydrogen-bond acceptors (Lipinski definition) is 5. The van der Waals surface area contributed by atoms with Gasteiger partial charge in [0, 0.05) is 25.1 Å². The number of amides is 1. The third-order valence-electron chi connectivity index (χ3n) is 3.01. The number of guanidine groups is 1. The fraction of sp³-hybridized carbons (Fsp3) is 0.600. The summed E-state index contributed by atoms with van der Waals surface area (Å²) in [5.41, 5.74) is -0.995. The first kappa shape index (κ1) is 19.4. The first-order chi connectivity index (χ1) is 11.0. The van der Waals surface area contributed by atoms with Crippen molar-refractivity contribution in [3.05, 3.63) is 22.4 Å². The van der Waals surface area contributed by atoms with Gasteiger partial charge in [0.1, 0.15) is 12.1 Å². The van der Waals surface area contributed by atoms with E-state index in [0.717, 1.165) is 4.88 Å². The molecule has 0 saturated heterocycles. The Balaban J connectivity index is 2.50. The fourth-order valence-electron chi connectivity index (χ4n) is 1.77. The first-order valence-electron chi connectivity index (χ1n) is 7.53. The summed E-state index contributed by atoms with van der Waals surface area (Å²) in [7, 11) is 1.58. The molecular formula is C15H26N4O3S. The largest absolute Gasteiger partial charge is 0.383 e. The topological polar surface area (TPSA) is 95.0 Å². The molecule has 0 fully saturated rings. The molecule has 0 aliphatic heterocycles. The number of ether oxygens (including phenoxy) is 1. The summed E-state index contributed by atoms with van der Waals surface area (Å²) in [5, 5.41) is 21.2. The zero-order valence-electron chi connectivity index (χ0n) is 13.9. The van der Waals surface area contributed by atoms with E-state index in [-0.39, 0.29) is 12.5 Å². The van der Waals surface area contributed by atoms with Crippen LogP contribution in [0.25, 0.3) is 0 Å². The van der Waals surface area contributed by atoms with Crippen molar-refractivity contribution in [2.24, 2.45) is 4.99 Å². The Labute approximate surface area is 141 Å². The smallest absolute Gasteiger partial charge is 0.241 e. The zero-order valence-corrected chi connectivity index (χ0v) is 14.7. The maximum Gasteiger partial charge on any atom is 0.241 e. The van der Waals surface area contributed by atoms with Crippen LogP contribution in [-0.2, 0) is 15.1 Å². The lowest BCUT2D eigenvalue weighted by atomic mass is 10.1.